The summed E-state index contributed by atoms with van der Waals surface area (Å²) in [5, 5.41) is 0. The van der Waals surface area contributed by atoms with Crippen LogP contribution in [-0.4, -0.2) is 12.6 Å². The normalized spacial score (nSPS) is 24.8. The van der Waals surface area contributed by atoms with Crippen molar-refractivity contribution in [3.63, 3.8) is 0 Å². The molecule has 1 aromatic rings. The number of nitrogens with two attached hydrogens (primary N) is 1. The zero-order valence-corrected chi connectivity index (χ0v) is 12.0. The molecule has 1 heterocycles. The van der Waals surface area contributed by atoms with Crippen molar-refractivity contribution in [1.29, 1.82) is 0 Å². The summed E-state index contributed by atoms with van der Waals surface area (Å²) < 4.78 is 6.14. The maximum atomic E-state index is 6.14. The number of fused-ring (bicyclic) bond motifs is 1. The van der Waals surface area contributed by atoms with Gasteiger partial charge in [-0.3, -0.25) is 0 Å². The standard InChI is InChI=1S/C17H25NO/c1-13-5-6-16-14(9-13)10-15(19-16)11-17(12-18)7-3-2-4-8-17/h5-6,9,15H,2-4,7-8,10-12,18H2,1H3. The minimum Gasteiger partial charge on any atom is -0.490 e. The summed E-state index contributed by atoms with van der Waals surface area (Å²) in [5.74, 6) is 1.10. The topological polar surface area (TPSA) is 35.2 Å². The quantitative estimate of drug-likeness (QED) is 0.900. The molecular weight excluding hydrogens is 234 g/mol. The fraction of sp³-hybridized carbons (Fsp3) is 0.647. The molecule has 1 saturated carbocycles. The predicted molar refractivity (Wildman–Crippen MR) is 78.5 cm³/mol. The van der Waals surface area contributed by atoms with Crippen LogP contribution in [0.3, 0.4) is 0 Å². The number of hydrogen-bond donors (Lipinski definition) is 1. The lowest BCUT2D eigenvalue weighted by Crippen LogP contribution is -2.37. The summed E-state index contributed by atoms with van der Waals surface area (Å²) in [6.45, 7) is 2.97. The zero-order chi connectivity index (χ0) is 13.3. The van der Waals surface area contributed by atoms with Gasteiger partial charge in [0.15, 0.2) is 0 Å². The summed E-state index contributed by atoms with van der Waals surface area (Å²) in [7, 11) is 0. The first-order chi connectivity index (χ1) is 9.21. The van der Waals surface area contributed by atoms with E-state index < -0.39 is 0 Å². The molecule has 104 valence electrons. The van der Waals surface area contributed by atoms with Gasteiger partial charge in [0.25, 0.3) is 0 Å². The molecule has 2 heteroatoms. The Labute approximate surface area is 116 Å². The lowest BCUT2D eigenvalue weighted by atomic mass is 9.70. The van der Waals surface area contributed by atoms with Crippen LogP contribution >= 0.6 is 0 Å². The summed E-state index contributed by atoms with van der Waals surface area (Å²) in [5.41, 5.74) is 9.15. The molecule has 1 aliphatic heterocycles. The smallest absolute Gasteiger partial charge is 0.123 e. The van der Waals surface area contributed by atoms with Crippen LogP contribution in [0.25, 0.3) is 0 Å². The van der Waals surface area contributed by atoms with Gasteiger partial charge in [-0.25, -0.2) is 0 Å². The highest BCUT2D eigenvalue weighted by atomic mass is 16.5. The van der Waals surface area contributed by atoms with E-state index in [2.05, 4.69) is 25.1 Å². The van der Waals surface area contributed by atoms with Gasteiger partial charge in [0.1, 0.15) is 11.9 Å². The van der Waals surface area contributed by atoms with Crippen LogP contribution in [0.15, 0.2) is 18.2 Å². The van der Waals surface area contributed by atoms with Crippen molar-refractivity contribution in [3.05, 3.63) is 29.3 Å². The van der Waals surface area contributed by atoms with Crippen molar-refractivity contribution in [2.75, 3.05) is 6.54 Å². The van der Waals surface area contributed by atoms with Gasteiger partial charge in [0.2, 0.25) is 0 Å². The van der Waals surface area contributed by atoms with Gasteiger partial charge in [-0.2, -0.15) is 0 Å². The molecule has 1 aliphatic carbocycles. The van der Waals surface area contributed by atoms with Gasteiger partial charge < -0.3 is 10.5 Å². The first kappa shape index (κ1) is 13.0. The molecule has 1 atom stereocenters. The van der Waals surface area contributed by atoms with E-state index in [0.29, 0.717) is 11.5 Å². The van der Waals surface area contributed by atoms with Crippen molar-refractivity contribution >= 4 is 0 Å². The monoisotopic (exact) mass is 259 g/mol. The molecule has 2 aliphatic rings. The van der Waals surface area contributed by atoms with E-state index in [1.54, 1.807) is 0 Å². The molecular formula is C17H25NO. The molecule has 0 spiro atoms. The van der Waals surface area contributed by atoms with Gasteiger partial charge in [0, 0.05) is 6.42 Å². The number of benzene rings is 1. The minimum atomic E-state index is 0.346. The molecule has 19 heavy (non-hydrogen) atoms. The molecule has 1 fully saturated rings. The van der Waals surface area contributed by atoms with Crippen molar-refractivity contribution in [2.45, 2.75) is 58.0 Å². The average molecular weight is 259 g/mol. The largest absolute Gasteiger partial charge is 0.490 e. The fourth-order valence-electron chi connectivity index (χ4n) is 3.84. The third kappa shape index (κ3) is 2.64. The molecule has 0 amide bonds. The van der Waals surface area contributed by atoms with Crippen LogP contribution in [0.5, 0.6) is 5.75 Å². The van der Waals surface area contributed by atoms with E-state index in [1.807, 2.05) is 0 Å². The summed E-state index contributed by atoms with van der Waals surface area (Å²) in [6.07, 6.45) is 9.20. The van der Waals surface area contributed by atoms with Crippen LogP contribution < -0.4 is 10.5 Å². The Morgan fingerprint density at radius 2 is 2.05 bits per heavy atom. The second kappa shape index (κ2) is 5.16. The van der Waals surface area contributed by atoms with E-state index in [4.69, 9.17) is 10.5 Å². The van der Waals surface area contributed by atoms with E-state index in [-0.39, 0.29) is 0 Å². The van der Waals surface area contributed by atoms with Crippen LogP contribution in [0.1, 0.15) is 49.7 Å². The highest BCUT2D eigenvalue weighted by molar-refractivity contribution is 5.40. The van der Waals surface area contributed by atoms with Crippen LogP contribution in [0, 0.1) is 12.3 Å². The highest BCUT2D eigenvalue weighted by Crippen LogP contribution is 2.42. The Kier molecular flexibility index (Phi) is 3.53. The van der Waals surface area contributed by atoms with E-state index in [0.717, 1.165) is 25.1 Å². The van der Waals surface area contributed by atoms with Gasteiger partial charge >= 0.3 is 0 Å². The van der Waals surface area contributed by atoms with Crippen molar-refractivity contribution in [1.82, 2.24) is 0 Å². The maximum Gasteiger partial charge on any atom is 0.123 e. The highest BCUT2D eigenvalue weighted by Gasteiger charge is 2.36. The van der Waals surface area contributed by atoms with Crippen LogP contribution in [-0.2, 0) is 6.42 Å². The first-order valence-corrected chi connectivity index (χ1v) is 7.67. The van der Waals surface area contributed by atoms with Crippen LogP contribution in [0.4, 0.5) is 0 Å². The summed E-state index contributed by atoms with van der Waals surface area (Å²) in [4.78, 5) is 0. The SMILES string of the molecule is Cc1ccc2c(c1)CC(CC1(CN)CCCCC1)O2. The molecule has 2 nitrogen and oxygen atoms in total. The number of ether oxygens (including phenoxy) is 1. The van der Waals surface area contributed by atoms with Crippen molar-refractivity contribution < 1.29 is 4.74 Å². The van der Waals surface area contributed by atoms with E-state index in [1.165, 1.54) is 43.2 Å². The van der Waals surface area contributed by atoms with Gasteiger partial charge in [-0.1, -0.05) is 37.0 Å². The lowest BCUT2D eigenvalue weighted by molar-refractivity contribution is 0.103. The molecule has 0 bridgehead atoms. The predicted octanol–water partition coefficient (Wildman–Crippen LogP) is 3.60. The molecule has 2 N–H and O–H groups in total. The molecule has 0 aromatic heterocycles. The van der Waals surface area contributed by atoms with Gasteiger partial charge in [0.05, 0.1) is 0 Å². The zero-order valence-electron chi connectivity index (χ0n) is 12.0. The summed E-state index contributed by atoms with van der Waals surface area (Å²) >= 11 is 0. The summed E-state index contributed by atoms with van der Waals surface area (Å²) in [6, 6.07) is 6.53. The third-order valence-electron chi connectivity index (χ3n) is 4.97. The van der Waals surface area contributed by atoms with Gasteiger partial charge in [-0.05, 0) is 49.8 Å². The Bertz CT molecular complexity index is 449. The molecule has 3 rings (SSSR count). The molecule has 1 aromatic carbocycles. The second-order valence-corrected chi connectivity index (χ2v) is 6.52. The Morgan fingerprint density at radius 1 is 1.26 bits per heavy atom. The Balaban J connectivity index is 1.69. The number of aryl methyl sites for hydroxylation is 1. The molecule has 0 radical (unpaired) electrons. The maximum absolute atomic E-state index is 6.14. The van der Waals surface area contributed by atoms with E-state index in [9.17, 15) is 0 Å². The van der Waals surface area contributed by atoms with Crippen molar-refractivity contribution in [2.24, 2.45) is 11.1 Å². The Morgan fingerprint density at radius 3 is 2.79 bits per heavy atom. The lowest BCUT2D eigenvalue weighted by Gasteiger charge is -2.37. The molecule has 0 saturated heterocycles. The fourth-order valence-corrected chi connectivity index (χ4v) is 3.84. The van der Waals surface area contributed by atoms with Crippen molar-refractivity contribution in [3.8, 4) is 5.75 Å². The third-order valence-corrected chi connectivity index (χ3v) is 4.97. The number of hydrogen-bond acceptors (Lipinski definition) is 2. The molecule has 1 unspecified atom stereocenters. The average Bonchev–Trinajstić information content (AvgIpc) is 2.81. The minimum absolute atomic E-state index is 0.346. The first-order valence-electron chi connectivity index (χ1n) is 7.67. The Hall–Kier alpha value is -1.02. The van der Waals surface area contributed by atoms with Gasteiger partial charge in [-0.15, -0.1) is 0 Å². The number of rotatable bonds is 3. The van der Waals surface area contributed by atoms with E-state index >= 15 is 0 Å². The van der Waals surface area contributed by atoms with Crippen LogP contribution in [0.2, 0.25) is 0 Å². The second-order valence-electron chi connectivity index (χ2n) is 6.52.